The number of rotatable bonds is 1. The predicted octanol–water partition coefficient (Wildman–Crippen LogP) is 1.11. The second-order valence-electron chi connectivity index (χ2n) is 10.2. The first-order valence-electron chi connectivity index (χ1n) is 10.4. The van der Waals surface area contributed by atoms with E-state index in [1.54, 1.807) is 20.8 Å². The number of Topliss-reactive ketones (excluding diaryl/α,β-unsaturated/α-hetero) is 1. The van der Waals surface area contributed by atoms with E-state index in [1.165, 1.54) is 6.92 Å². The van der Waals surface area contributed by atoms with Gasteiger partial charge in [-0.05, 0) is 44.1 Å². The van der Waals surface area contributed by atoms with Crippen LogP contribution >= 0.6 is 0 Å². The van der Waals surface area contributed by atoms with Gasteiger partial charge in [-0.15, -0.1) is 0 Å². The Bertz CT molecular complexity index is 712. The topological polar surface area (TPSA) is 124 Å². The average molecular weight is 411 g/mol. The lowest BCUT2D eigenvalue weighted by atomic mass is 9.58. The largest absolute Gasteiger partial charge is 0.458 e. The Kier molecular flexibility index (Phi) is 5.52. The standard InChI is InChI=1S/C22H34O7/c1-11-13-6-7-14-18(26)22(13,10-21(14,5)28)9-15(24)19(27)20(3,4)17(25)8-16(11)29-12(2)23/h13-18,24-26,28H,1,6-10H2,2-5H3/t13-,14+,15+,16-,17-,18+,21+,22-/m0/s1. The van der Waals surface area contributed by atoms with Gasteiger partial charge in [0.2, 0.25) is 0 Å². The number of ketones is 1. The molecule has 1 spiro atoms. The Balaban J connectivity index is 2.11. The Hall–Kier alpha value is -1.28. The Morgan fingerprint density at radius 2 is 1.79 bits per heavy atom. The summed E-state index contributed by atoms with van der Waals surface area (Å²) in [5, 5.41) is 43.7. The highest BCUT2D eigenvalue weighted by molar-refractivity contribution is 5.88. The van der Waals surface area contributed by atoms with Crippen molar-refractivity contribution in [2.45, 2.75) is 89.8 Å². The quantitative estimate of drug-likeness (QED) is 0.377. The Labute approximate surface area is 171 Å². The van der Waals surface area contributed by atoms with E-state index in [0.29, 0.717) is 18.4 Å². The van der Waals surface area contributed by atoms with Crippen LogP contribution in [0.5, 0.6) is 0 Å². The van der Waals surface area contributed by atoms with Crippen molar-refractivity contribution in [1.29, 1.82) is 0 Å². The molecular formula is C22H34O7. The zero-order valence-corrected chi connectivity index (χ0v) is 17.7. The van der Waals surface area contributed by atoms with Gasteiger partial charge >= 0.3 is 5.97 Å². The monoisotopic (exact) mass is 410 g/mol. The minimum atomic E-state index is -1.39. The van der Waals surface area contributed by atoms with Crippen LogP contribution in [-0.4, -0.2) is 62.2 Å². The summed E-state index contributed by atoms with van der Waals surface area (Å²) in [6.45, 7) is 10.3. The summed E-state index contributed by atoms with van der Waals surface area (Å²) in [6, 6.07) is 0. The van der Waals surface area contributed by atoms with Gasteiger partial charge in [-0.1, -0.05) is 20.4 Å². The number of aliphatic hydroxyl groups excluding tert-OH is 3. The molecule has 164 valence electrons. The van der Waals surface area contributed by atoms with E-state index in [0.717, 1.165) is 0 Å². The summed E-state index contributed by atoms with van der Waals surface area (Å²) in [5.74, 6) is -1.76. The second kappa shape index (κ2) is 7.15. The van der Waals surface area contributed by atoms with E-state index in [1.807, 2.05) is 0 Å². The van der Waals surface area contributed by atoms with Gasteiger partial charge in [0.1, 0.15) is 12.2 Å². The molecule has 3 fully saturated rings. The minimum Gasteiger partial charge on any atom is -0.458 e. The smallest absolute Gasteiger partial charge is 0.303 e. The van der Waals surface area contributed by atoms with Gasteiger partial charge in [0, 0.05) is 24.7 Å². The molecule has 0 heterocycles. The van der Waals surface area contributed by atoms with Crippen LogP contribution < -0.4 is 0 Å². The first kappa shape index (κ1) is 22.4. The molecule has 0 aromatic heterocycles. The van der Waals surface area contributed by atoms with E-state index < -0.39 is 52.6 Å². The zero-order chi connectivity index (χ0) is 21.9. The van der Waals surface area contributed by atoms with Crippen molar-refractivity contribution in [2.24, 2.45) is 22.7 Å². The zero-order valence-electron chi connectivity index (χ0n) is 17.7. The molecule has 4 N–H and O–H groups in total. The number of fused-ring (bicyclic) bond motifs is 1. The van der Waals surface area contributed by atoms with Crippen molar-refractivity contribution in [3.63, 3.8) is 0 Å². The maximum atomic E-state index is 13.0. The van der Waals surface area contributed by atoms with Gasteiger partial charge in [-0.3, -0.25) is 9.59 Å². The molecule has 0 aromatic rings. The lowest BCUT2D eigenvalue weighted by Crippen LogP contribution is -2.53. The molecule has 0 radical (unpaired) electrons. The number of carbonyl (C=O) groups is 2. The normalized spacial score (nSPS) is 47.4. The summed E-state index contributed by atoms with van der Waals surface area (Å²) >= 11 is 0. The molecular weight excluding hydrogens is 376 g/mol. The summed E-state index contributed by atoms with van der Waals surface area (Å²) in [7, 11) is 0. The van der Waals surface area contributed by atoms with Crippen molar-refractivity contribution >= 4 is 11.8 Å². The molecule has 0 saturated heterocycles. The fourth-order valence-electron chi connectivity index (χ4n) is 6.21. The van der Waals surface area contributed by atoms with Gasteiger partial charge in [0.05, 0.1) is 23.2 Å². The molecule has 7 nitrogen and oxygen atoms in total. The van der Waals surface area contributed by atoms with Crippen LogP contribution in [0.4, 0.5) is 0 Å². The van der Waals surface area contributed by atoms with Crippen LogP contribution in [0.25, 0.3) is 0 Å². The molecule has 7 heteroatoms. The lowest BCUT2D eigenvalue weighted by Gasteiger charge is -2.49. The summed E-state index contributed by atoms with van der Waals surface area (Å²) in [6.07, 6.45) is -2.95. The van der Waals surface area contributed by atoms with Crippen molar-refractivity contribution in [2.75, 3.05) is 0 Å². The maximum Gasteiger partial charge on any atom is 0.303 e. The first-order chi connectivity index (χ1) is 13.2. The Morgan fingerprint density at radius 1 is 1.17 bits per heavy atom. The molecule has 0 unspecified atom stereocenters. The van der Waals surface area contributed by atoms with Crippen molar-refractivity contribution < 1.29 is 34.8 Å². The van der Waals surface area contributed by atoms with E-state index in [4.69, 9.17) is 4.74 Å². The van der Waals surface area contributed by atoms with Gasteiger partial charge in [0.15, 0.2) is 5.78 Å². The van der Waals surface area contributed by atoms with Crippen LogP contribution in [-0.2, 0) is 14.3 Å². The van der Waals surface area contributed by atoms with E-state index in [2.05, 4.69) is 6.58 Å². The van der Waals surface area contributed by atoms with Gasteiger partial charge in [-0.2, -0.15) is 0 Å². The second-order valence-corrected chi connectivity index (χ2v) is 10.2. The molecule has 3 rings (SSSR count). The average Bonchev–Trinajstić information content (AvgIpc) is 2.71. The molecule has 0 aromatic carbocycles. The number of aliphatic hydroxyl groups is 4. The van der Waals surface area contributed by atoms with Gasteiger partial charge in [-0.25, -0.2) is 0 Å². The van der Waals surface area contributed by atoms with Gasteiger partial charge in [0.25, 0.3) is 0 Å². The molecule has 29 heavy (non-hydrogen) atoms. The third-order valence-electron chi connectivity index (χ3n) is 7.87. The highest BCUT2D eigenvalue weighted by Crippen LogP contribution is 2.63. The maximum absolute atomic E-state index is 13.0. The fraction of sp³-hybridized carbons (Fsp3) is 0.818. The summed E-state index contributed by atoms with van der Waals surface area (Å²) < 4.78 is 5.48. The third kappa shape index (κ3) is 3.46. The van der Waals surface area contributed by atoms with E-state index >= 15 is 0 Å². The predicted molar refractivity (Wildman–Crippen MR) is 105 cm³/mol. The SMILES string of the molecule is C=C1[C@@H](OC(C)=O)C[C@H](O)C(C)(C)C(=O)[C@H](O)C[C@]23C[C@@](C)(O)[C@H](CC[C@@H]12)[C@H]3O. The van der Waals surface area contributed by atoms with Crippen LogP contribution in [0.2, 0.25) is 0 Å². The van der Waals surface area contributed by atoms with Crippen LogP contribution in [0.15, 0.2) is 12.2 Å². The highest BCUT2D eigenvalue weighted by atomic mass is 16.5. The summed E-state index contributed by atoms with van der Waals surface area (Å²) in [5.41, 5.74) is -2.79. The van der Waals surface area contributed by atoms with Crippen molar-refractivity contribution in [1.82, 2.24) is 0 Å². The fourth-order valence-corrected chi connectivity index (χ4v) is 6.21. The first-order valence-corrected chi connectivity index (χ1v) is 10.4. The molecule has 0 aliphatic heterocycles. The summed E-state index contributed by atoms with van der Waals surface area (Å²) in [4.78, 5) is 24.8. The van der Waals surface area contributed by atoms with E-state index in [-0.39, 0.29) is 31.1 Å². The number of carbonyl (C=O) groups excluding carboxylic acids is 2. The molecule has 0 amide bonds. The minimum absolute atomic E-state index is 0.0215. The number of esters is 1. The van der Waals surface area contributed by atoms with Crippen molar-refractivity contribution in [3.05, 3.63) is 12.2 Å². The van der Waals surface area contributed by atoms with Gasteiger partial charge < -0.3 is 25.2 Å². The highest BCUT2D eigenvalue weighted by Gasteiger charge is 2.65. The number of ether oxygens (including phenoxy) is 1. The van der Waals surface area contributed by atoms with E-state index in [9.17, 15) is 30.0 Å². The van der Waals surface area contributed by atoms with Crippen LogP contribution in [0.1, 0.15) is 59.8 Å². The number of hydrogen-bond acceptors (Lipinski definition) is 7. The molecule has 3 saturated carbocycles. The lowest BCUT2D eigenvalue weighted by molar-refractivity contribution is -0.155. The molecule has 3 aliphatic rings. The molecule has 2 bridgehead atoms. The molecule has 3 aliphatic carbocycles. The molecule has 8 atom stereocenters. The Morgan fingerprint density at radius 3 is 2.38 bits per heavy atom. The third-order valence-corrected chi connectivity index (χ3v) is 7.87. The van der Waals surface area contributed by atoms with Crippen molar-refractivity contribution in [3.8, 4) is 0 Å². The van der Waals surface area contributed by atoms with Crippen LogP contribution in [0.3, 0.4) is 0 Å². The van der Waals surface area contributed by atoms with Crippen LogP contribution in [0, 0.1) is 22.7 Å². The number of hydrogen-bond donors (Lipinski definition) is 4.